The molecule has 0 aromatic heterocycles. The first-order chi connectivity index (χ1) is 8.15. The average molecular weight is 230 g/mol. The van der Waals surface area contributed by atoms with Gasteiger partial charge < -0.3 is 10.2 Å². The third kappa shape index (κ3) is 1.31. The zero-order valence-electron chi connectivity index (χ0n) is 10.4. The van der Waals surface area contributed by atoms with E-state index in [-0.39, 0.29) is 11.4 Å². The molecule has 0 unspecified atom stereocenters. The first kappa shape index (κ1) is 10.6. The zero-order chi connectivity index (χ0) is 12.0. The standard InChI is InChI=1S/C14H18N2O/c1-10-6-5-7-11-12(10)15-13(17)14(16(11)2)8-3-4-9-14/h5-7H,3-4,8-9H2,1-2H3,(H,15,17). The molecule has 1 spiro atoms. The van der Waals surface area contributed by atoms with Gasteiger partial charge in [0.05, 0.1) is 11.4 Å². The van der Waals surface area contributed by atoms with Crippen molar-refractivity contribution in [2.45, 2.75) is 38.1 Å². The van der Waals surface area contributed by atoms with Crippen molar-refractivity contribution in [1.82, 2.24) is 0 Å². The maximum Gasteiger partial charge on any atom is 0.250 e. The van der Waals surface area contributed by atoms with Crippen molar-refractivity contribution in [2.75, 3.05) is 17.3 Å². The van der Waals surface area contributed by atoms with Gasteiger partial charge in [0.1, 0.15) is 5.54 Å². The fourth-order valence-corrected chi connectivity index (χ4v) is 3.23. The Morgan fingerprint density at radius 3 is 2.71 bits per heavy atom. The summed E-state index contributed by atoms with van der Waals surface area (Å²) in [6.45, 7) is 2.04. The maximum absolute atomic E-state index is 12.4. The van der Waals surface area contributed by atoms with Gasteiger partial charge in [0, 0.05) is 7.05 Å². The molecule has 90 valence electrons. The summed E-state index contributed by atoms with van der Waals surface area (Å²) in [4.78, 5) is 14.6. The molecule has 3 nitrogen and oxygen atoms in total. The van der Waals surface area contributed by atoms with E-state index in [1.54, 1.807) is 0 Å². The van der Waals surface area contributed by atoms with Crippen molar-refractivity contribution in [3.05, 3.63) is 23.8 Å². The lowest BCUT2D eigenvalue weighted by Crippen LogP contribution is -2.56. The highest BCUT2D eigenvalue weighted by Crippen LogP contribution is 2.44. The molecule has 1 aromatic carbocycles. The lowest BCUT2D eigenvalue weighted by Gasteiger charge is -2.44. The Hall–Kier alpha value is -1.51. The van der Waals surface area contributed by atoms with E-state index in [1.165, 1.54) is 0 Å². The number of nitrogens with zero attached hydrogens (tertiary/aromatic N) is 1. The van der Waals surface area contributed by atoms with E-state index in [1.807, 2.05) is 13.0 Å². The van der Waals surface area contributed by atoms with Gasteiger partial charge in [-0.25, -0.2) is 0 Å². The summed E-state index contributed by atoms with van der Waals surface area (Å²) in [6.07, 6.45) is 4.25. The van der Waals surface area contributed by atoms with Gasteiger partial charge in [-0.2, -0.15) is 0 Å². The predicted molar refractivity (Wildman–Crippen MR) is 69.4 cm³/mol. The number of rotatable bonds is 0. The highest BCUT2D eigenvalue weighted by molar-refractivity contribution is 6.07. The van der Waals surface area contributed by atoms with E-state index in [0.29, 0.717) is 0 Å². The normalized spacial score (nSPS) is 21.5. The third-order valence-corrected chi connectivity index (χ3v) is 4.35. The second-order valence-electron chi connectivity index (χ2n) is 5.22. The largest absolute Gasteiger partial charge is 0.358 e. The molecule has 1 aliphatic heterocycles. The van der Waals surface area contributed by atoms with Crippen LogP contribution < -0.4 is 10.2 Å². The number of amides is 1. The molecule has 1 heterocycles. The molecule has 0 bridgehead atoms. The van der Waals surface area contributed by atoms with Crippen LogP contribution in [0.3, 0.4) is 0 Å². The van der Waals surface area contributed by atoms with Gasteiger partial charge in [-0.1, -0.05) is 25.0 Å². The highest BCUT2D eigenvalue weighted by atomic mass is 16.2. The van der Waals surface area contributed by atoms with Crippen LogP contribution in [0, 0.1) is 6.92 Å². The van der Waals surface area contributed by atoms with Crippen LogP contribution in [0.5, 0.6) is 0 Å². The lowest BCUT2D eigenvalue weighted by atomic mass is 9.90. The number of anilines is 2. The van der Waals surface area contributed by atoms with Crippen LogP contribution in [0.25, 0.3) is 0 Å². The van der Waals surface area contributed by atoms with Gasteiger partial charge in [-0.05, 0) is 31.4 Å². The molecule has 0 atom stereocenters. The van der Waals surface area contributed by atoms with Gasteiger partial charge in [0.15, 0.2) is 0 Å². The number of likely N-dealkylation sites (N-methyl/N-ethyl adjacent to an activating group) is 1. The molecule has 3 rings (SSSR count). The Labute approximate surface area is 102 Å². The molecule has 1 aliphatic carbocycles. The molecule has 1 aromatic rings. The summed E-state index contributed by atoms with van der Waals surface area (Å²) < 4.78 is 0. The first-order valence-electron chi connectivity index (χ1n) is 6.30. The fourth-order valence-electron chi connectivity index (χ4n) is 3.23. The van der Waals surface area contributed by atoms with Gasteiger partial charge in [-0.15, -0.1) is 0 Å². The van der Waals surface area contributed by atoms with Crippen LogP contribution in [0.1, 0.15) is 31.2 Å². The van der Waals surface area contributed by atoms with E-state index < -0.39 is 0 Å². The Morgan fingerprint density at radius 2 is 2.00 bits per heavy atom. The number of carbonyl (C=O) groups is 1. The monoisotopic (exact) mass is 230 g/mol. The molecule has 3 heteroatoms. The summed E-state index contributed by atoms with van der Waals surface area (Å²) >= 11 is 0. The van der Waals surface area contributed by atoms with Crippen molar-refractivity contribution < 1.29 is 4.79 Å². The topological polar surface area (TPSA) is 32.3 Å². The van der Waals surface area contributed by atoms with Crippen LogP contribution in [0.4, 0.5) is 11.4 Å². The molecule has 2 aliphatic rings. The molecule has 0 saturated heterocycles. The molecule has 17 heavy (non-hydrogen) atoms. The van der Waals surface area contributed by atoms with Gasteiger partial charge >= 0.3 is 0 Å². The SMILES string of the molecule is Cc1cccc2c1NC(=O)C1(CCCC1)N2C. The van der Waals surface area contributed by atoms with Gasteiger partial charge in [-0.3, -0.25) is 4.79 Å². The molecule has 0 radical (unpaired) electrons. The van der Waals surface area contributed by atoms with Crippen LogP contribution in [-0.4, -0.2) is 18.5 Å². The van der Waals surface area contributed by atoms with Gasteiger partial charge in [0.25, 0.3) is 0 Å². The van der Waals surface area contributed by atoms with Crippen molar-refractivity contribution in [3.8, 4) is 0 Å². The first-order valence-corrected chi connectivity index (χ1v) is 6.30. The van der Waals surface area contributed by atoms with Crippen LogP contribution in [0.2, 0.25) is 0 Å². The van der Waals surface area contributed by atoms with E-state index in [9.17, 15) is 4.79 Å². The zero-order valence-corrected chi connectivity index (χ0v) is 10.4. The summed E-state index contributed by atoms with van der Waals surface area (Å²) in [7, 11) is 2.06. The summed E-state index contributed by atoms with van der Waals surface area (Å²) in [5.74, 6) is 0.180. The number of fused-ring (bicyclic) bond motifs is 1. The van der Waals surface area contributed by atoms with E-state index in [2.05, 4.69) is 29.4 Å². The maximum atomic E-state index is 12.4. The van der Waals surface area contributed by atoms with E-state index >= 15 is 0 Å². The van der Waals surface area contributed by atoms with Gasteiger partial charge in [0.2, 0.25) is 5.91 Å². The number of carbonyl (C=O) groups excluding carboxylic acids is 1. The number of hydrogen-bond acceptors (Lipinski definition) is 2. The average Bonchev–Trinajstić information content (AvgIpc) is 2.79. The fraction of sp³-hybridized carbons (Fsp3) is 0.500. The number of aryl methyl sites for hydroxylation is 1. The smallest absolute Gasteiger partial charge is 0.250 e. The minimum absolute atomic E-state index is 0.180. The predicted octanol–water partition coefficient (Wildman–Crippen LogP) is 2.70. The van der Waals surface area contributed by atoms with Crippen molar-refractivity contribution >= 4 is 17.3 Å². The van der Waals surface area contributed by atoms with Crippen LogP contribution in [-0.2, 0) is 4.79 Å². The van der Waals surface area contributed by atoms with Crippen molar-refractivity contribution in [1.29, 1.82) is 0 Å². The summed E-state index contributed by atoms with van der Waals surface area (Å²) in [5, 5.41) is 3.11. The lowest BCUT2D eigenvalue weighted by molar-refractivity contribution is -0.121. The van der Waals surface area contributed by atoms with Crippen LogP contribution >= 0.6 is 0 Å². The molecular formula is C14H18N2O. The molecular weight excluding hydrogens is 212 g/mol. The number of nitrogens with one attached hydrogen (secondary N) is 1. The summed E-state index contributed by atoms with van der Waals surface area (Å²) in [5.41, 5.74) is 2.99. The molecule has 1 fully saturated rings. The molecule has 1 amide bonds. The second-order valence-corrected chi connectivity index (χ2v) is 5.22. The summed E-state index contributed by atoms with van der Waals surface area (Å²) in [6, 6.07) is 6.20. The third-order valence-electron chi connectivity index (χ3n) is 4.35. The Balaban J connectivity index is 2.13. The minimum atomic E-state index is -0.291. The van der Waals surface area contributed by atoms with Crippen molar-refractivity contribution in [3.63, 3.8) is 0 Å². The van der Waals surface area contributed by atoms with Crippen molar-refractivity contribution in [2.24, 2.45) is 0 Å². The quantitative estimate of drug-likeness (QED) is 0.743. The Bertz CT molecular complexity index is 475. The second kappa shape index (κ2) is 3.49. The van der Waals surface area contributed by atoms with E-state index in [4.69, 9.17) is 0 Å². The Morgan fingerprint density at radius 1 is 1.29 bits per heavy atom. The number of benzene rings is 1. The minimum Gasteiger partial charge on any atom is -0.358 e. The molecule has 1 saturated carbocycles. The van der Waals surface area contributed by atoms with Crippen LogP contribution in [0.15, 0.2) is 18.2 Å². The van der Waals surface area contributed by atoms with E-state index in [0.717, 1.165) is 42.6 Å². The molecule has 1 N–H and O–H groups in total. The number of hydrogen-bond donors (Lipinski definition) is 1. The number of para-hydroxylation sites is 1. The highest BCUT2D eigenvalue weighted by Gasteiger charge is 2.48. The Kier molecular flexibility index (Phi) is 2.18.